The molecule has 10 nitrogen and oxygen atoms in total. The van der Waals surface area contributed by atoms with E-state index in [1.54, 1.807) is 28.0 Å². The smallest absolute Gasteiger partial charge is 0.256 e. The van der Waals surface area contributed by atoms with E-state index in [0.717, 1.165) is 0 Å². The standard InChI is InChI=1S/C27H28FN3O7/c28-20-4-1-18(2-5-20)25(33)31-21(26(34)30-11-13-35-14-12-30)16-38-27(31)7-9-29(10-8-27)24(32)19-3-6-22-23(15-19)37-17-36-22/h1-6,15,21H,7-14,16-17H2/t21-/m1/s1. The van der Waals surface area contributed by atoms with Crippen LogP contribution in [-0.2, 0) is 14.3 Å². The van der Waals surface area contributed by atoms with Crippen LogP contribution in [0.2, 0.25) is 0 Å². The molecule has 200 valence electrons. The minimum atomic E-state index is -1.05. The lowest BCUT2D eigenvalue weighted by molar-refractivity contribution is -0.141. The second-order valence-corrected chi connectivity index (χ2v) is 9.75. The number of fused-ring (bicyclic) bond motifs is 1. The van der Waals surface area contributed by atoms with E-state index in [2.05, 4.69) is 0 Å². The van der Waals surface area contributed by atoms with Crippen LogP contribution in [0.15, 0.2) is 42.5 Å². The molecule has 3 saturated heterocycles. The predicted octanol–water partition coefficient (Wildman–Crippen LogP) is 1.89. The first-order valence-corrected chi connectivity index (χ1v) is 12.7. The zero-order valence-corrected chi connectivity index (χ0v) is 20.8. The van der Waals surface area contributed by atoms with Gasteiger partial charge in [-0.3, -0.25) is 19.3 Å². The summed E-state index contributed by atoms with van der Waals surface area (Å²) < 4.78 is 36.0. The summed E-state index contributed by atoms with van der Waals surface area (Å²) in [4.78, 5) is 45.5. The van der Waals surface area contributed by atoms with Crippen molar-refractivity contribution in [3.8, 4) is 11.5 Å². The van der Waals surface area contributed by atoms with Gasteiger partial charge in [0.2, 0.25) is 12.7 Å². The zero-order chi connectivity index (χ0) is 26.3. The number of morpholine rings is 1. The minimum absolute atomic E-state index is 0.0548. The molecule has 4 aliphatic heterocycles. The van der Waals surface area contributed by atoms with Crippen molar-refractivity contribution in [3.63, 3.8) is 0 Å². The fraction of sp³-hybridized carbons (Fsp3) is 0.444. The summed E-state index contributed by atoms with van der Waals surface area (Å²) in [6.07, 6.45) is 0.673. The Morgan fingerprint density at radius 1 is 0.816 bits per heavy atom. The number of piperidine rings is 1. The highest BCUT2D eigenvalue weighted by Crippen LogP contribution is 2.40. The van der Waals surface area contributed by atoms with E-state index < -0.39 is 23.5 Å². The highest BCUT2D eigenvalue weighted by atomic mass is 19.1. The number of hydrogen-bond donors (Lipinski definition) is 0. The van der Waals surface area contributed by atoms with E-state index in [4.69, 9.17) is 18.9 Å². The molecular weight excluding hydrogens is 497 g/mol. The van der Waals surface area contributed by atoms with Crippen molar-refractivity contribution < 1.29 is 37.7 Å². The molecule has 11 heteroatoms. The van der Waals surface area contributed by atoms with Gasteiger partial charge in [0.25, 0.3) is 11.8 Å². The molecule has 0 aromatic heterocycles. The molecule has 0 N–H and O–H groups in total. The average Bonchev–Trinajstić information content (AvgIpc) is 3.58. The van der Waals surface area contributed by atoms with Crippen molar-refractivity contribution >= 4 is 17.7 Å². The molecule has 4 aliphatic rings. The maximum absolute atomic E-state index is 13.8. The number of amides is 3. The quantitative estimate of drug-likeness (QED) is 0.604. The molecule has 0 aliphatic carbocycles. The zero-order valence-electron chi connectivity index (χ0n) is 20.8. The van der Waals surface area contributed by atoms with Gasteiger partial charge >= 0.3 is 0 Å². The Morgan fingerprint density at radius 2 is 1.50 bits per heavy atom. The Morgan fingerprint density at radius 3 is 2.24 bits per heavy atom. The van der Waals surface area contributed by atoms with Gasteiger partial charge in [0.1, 0.15) is 17.6 Å². The lowest BCUT2D eigenvalue weighted by Crippen LogP contribution is -2.60. The fourth-order valence-electron chi connectivity index (χ4n) is 5.55. The molecule has 0 bridgehead atoms. The monoisotopic (exact) mass is 525 g/mol. The number of rotatable bonds is 3. The summed E-state index contributed by atoms with van der Waals surface area (Å²) in [6, 6.07) is 9.55. The van der Waals surface area contributed by atoms with Crippen molar-refractivity contribution in [3.05, 3.63) is 59.4 Å². The number of carbonyl (C=O) groups is 3. The lowest BCUT2D eigenvalue weighted by Gasteiger charge is -2.45. The molecule has 2 aromatic rings. The van der Waals surface area contributed by atoms with Crippen LogP contribution in [0.5, 0.6) is 11.5 Å². The normalized spacial score (nSPS) is 22.1. The number of benzene rings is 2. The van der Waals surface area contributed by atoms with Gasteiger partial charge in [-0.25, -0.2) is 4.39 Å². The van der Waals surface area contributed by atoms with Crippen molar-refractivity contribution in [1.29, 1.82) is 0 Å². The van der Waals surface area contributed by atoms with Crippen LogP contribution in [0.3, 0.4) is 0 Å². The van der Waals surface area contributed by atoms with E-state index in [0.29, 0.717) is 69.3 Å². The molecular formula is C27H28FN3O7. The van der Waals surface area contributed by atoms with Gasteiger partial charge < -0.3 is 28.7 Å². The van der Waals surface area contributed by atoms with Gasteiger partial charge in [-0.15, -0.1) is 0 Å². The number of carbonyl (C=O) groups excluding carboxylic acids is 3. The Balaban J connectivity index is 1.23. The second-order valence-electron chi connectivity index (χ2n) is 9.75. The molecule has 6 rings (SSSR count). The molecule has 1 atom stereocenters. The minimum Gasteiger partial charge on any atom is -0.454 e. The van der Waals surface area contributed by atoms with Gasteiger partial charge in [0, 0.05) is 50.1 Å². The van der Waals surface area contributed by atoms with Gasteiger partial charge in [0.15, 0.2) is 11.5 Å². The molecule has 3 amide bonds. The van der Waals surface area contributed by atoms with Crippen LogP contribution in [0, 0.1) is 5.82 Å². The first-order valence-electron chi connectivity index (χ1n) is 12.7. The first-order chi connectivity index (χ1) is 18.4. The molecule has 3 fully saturated rings. The third-order valence-corrected chi connectivity index (χ3v) is 7.63. The van der Waals surface area contributed by atoms with E-state index in [1.165, 1.54) is 29.2 Å². The Bertz CT molecular complexity index is 1240. The summed E-state index contributed by atoms with van der Waals surface area (Å²) in [5, 5.41) is 0. The summed E-state index contributed by atoms with van der Waals surface area (Å²) >= 11 is 0. The summed E-state index contributed by atoms with van der Waals surface area (Å²) in [6.45, 7) is 2.61. The summed E-state index contributed by atoms with van der Waals surface area (Å²) in [5.41, 5.74) is -0.295. The Labute approximate surface area is 218 Å². The molecule has 1 spiro atoms. The Hall–Kier alpha value is -3.70. The van der Waals surface area contributed by atoms with Crippen LogP contribution in [0.4, 0.5) is 4.39 Å². The van der Waals surface area contributed by atoms with Crippen LogP contribution >= 0.6 is 0 Å². The highest BCUT2D eigenvalue weighted by molar-refractivity contribution is 5.99. The predicted molar refractivity (Wildman–Crippen MR) is 130 cm³/mol. The lowest BCUT2D eigenvalue weighted by atomic mass is 9.96. The molecule has 0 unspecified atom stereocenters. The molecule has 38 heavy (non-hydrogen) atoms. The van der Waals surface area contributed by atoms with Gasteiger partial charge in [0.05, 0.1) is 19.8 Å². The first kappa shape index (κ1) is 24.6. The summed E-state index contributed by atoms with van der Waals surface area (Å²) in [7, 11) is 0. The van der Waals surface area contributed by atoms with Crippen LogP contribution in [0.25, 0.3) is 0 Å². The third-order valence-electron chi connectivity index (χ3n) is 7.63. The van der Waals surface area contributed by atoms with Crippen molar-refractivity contribution in [2.45, 2.75) is 24.6 Å². The number of nitrogens with zero attached hydrogens (tertiary/aromatic N) is 3. The van der Waals surface area contributed by atoms with Crippen LogP contribution in [0.1, 0.15) is 33.6 Å². The van der Waals surface area contributed by atoms with E-state index in [1.807, 2.05) is 0 Å². The number of likely N-dealkylation sites (tertiary alicyclic amines) is 1. The number of ether oxygens (including phenoxy) is 4. The molecule has 0 saturated carbocycles. The SMILES string of the molecule is O=C(c1ccc2c(c1)OCO2)N1CCC2(CC1)OC[C@H](C(=O)N1CCOCC1)N2C(=O)c1ccc(F)cc1. The van der Waals surface area contributed by atoms with E-state index >= 15 is 0 Å². The molecule has 2 aromatic carbocycles. The summed E-state index contributed by atoms with van der Waals surface area (Å²) in [5.74, 6) is -0.0729. The van der Waals surface area contributed by atoms with Gasteiger partial charge in [-0.1, -0.05) is 0 Å². The third kappa shape index (κ3) is 4.35. The largest absolute Gasteiger partial charge is 0.454 e. The molecule has 0 radical (unpaired) electrons. The van der Waals surface area contributed by atoms with Crippen molar-refractivity contribution in [2.75, 3.05) is 52.8 Å². The highest BCUT2D eigenvalue weighted by Gasteiger charge is 2.55. The topological polar surface area (TPSA) is 97.8 Å². The molecule has 4 heterocycles. The number of halogens is 1. The maximum atomic E-state index is 13.8. The van der Waals surface area contributed by atoms with Crippen molar-refractivity contribution in [2.24, 2.45) is 0 Å². The van der Waals surface area contributed by atoms with Crippen molar-refractivity contribution in [1.82, 2.24) is 14.7 Å². The average molecular weight is 526 g/mol. The van der Waals surface area contributed by atoms with Gasteiger partial charge in [-0.05, 0) is 42.5 Å². The fourth-order valence-corrected chi connectivity index (χ4v) is 5.55. The van der Waals surface area contributed by atoms with Gasteiger partial charge in [-0.2, -0.15) is 0 Å². The van der Waals surface area contributed by atoms with Crippen LogP contribution < -0.4 is 9.47 Å². The Kier molecular flexibility index (Phi) is 6.40. The maximum Gasteiger partial charge on any atom is 0.256 e. The number of hydrogen-bond acceptors (Lipinski definition) is 7. The van der Waals surface area contributed by atoms with E-state index in [-0.39, 0.29) is 30.8 Å². The second kappa shape index (κ2) is 9.88. The van der Waals surface area contributed by atoms with Crippen LogP contribution in [-0.4, -0.2) is 97.0 Å². The van der Waals surface area contributed by atoms with E-state index in [9.17, 15) is 18.8 Å².